The molecule has 5 nitrogen and oxygen atoms in total. The minimum absolute atomic E-state index is 0.0493. The van der Waals surface area contributed by atoms with Gasteiger partial charge >= 0.3 is 5.97 Å². The predicted molar refractivity (Wildman–Crippen MR) is 98.9 cm³/mol. The van der Waals surface area contributed by atoms with E-state index in [9.17, 15) is 9.59 Å². The van der Waals surface area contributed by atoms with E-state index in [1.54, 1.807) is 10.9 Å². The van der Waals surface area contributed by atoms with Gasteiger partial charge in [0.1, 0.15) is 5.69 Å². The molecule has 2 atom stereocenters. The monoisotopic (exact) mass is 354 g/mol. The number of carbonyl (C=O) groups is 2. The van der Waals surface area contributed by atoms with Gasteiger partial charge in [0, 0.05) is 5.92 Å². The summed E-state index contributed by atoms with van der Waals surface area (Å²) in [6, 6.07) is 9.87. The first-order valence-corrected chi connectivity index (χ1v) is 9.36. The first kappa shape index (κ1) is 18.4. The highest BCUT2D eigenvalue weighted by Gasteiger charge is 2.32. The third-order valence-electron chi connectivity index (χ3n) is 5.29. The van der Waals surface area contributed by atoms with Crippen molar-refractivity contribution < 1.29 is 14.3 Å². The molecule has 1 saturated carbocycles. The lowest BCUT2D eigenvalue weighted by atomic mass is 9.84. The van der Waals surface area contributed by atoms with Crippen molar-refractivity contribution in [1.82, 2.24) is 9.55 Å². The lowest BCUT2D eigenvalue weighted by molar-refractivity contribution is -0.129. The lowest BCUT2D eigenvalue weighted by Gasteiger charge is -2.28. The van der Waals surface area contributed by atoms with Gasteiger partial charge in [-0.3, -0.25) is 4.79 Å². The second-order valence-corrected chi connectivity index (χ2v) is 7.11. The fourth-order valence-corrected chi connectivity index (χ4v) is 3.79. The second-order valence-electron chi connectivity index (χ2n) is 7.11. The van der Waals surface area contributed by atoms with E-state index in [0.29, 0.717) is 5.69 Å². The molecule has 0 spiro atoms. The van der Waals surface area contributed by atoms with Crippen LogP contribution in [-0.4, -0.2) is 27.4 Å². The molecule has 138 valence electrons. The summed E-state index contributed by atoms with van der Waals surface area (Å²) in [4.78, 5) is 29.0. The number of rotatable bonds is 6. The number of ketones is 1. The molecule has 0 radical (unpaired) electrons. The van der Waals surface area contributed by atoms with Crippen LogP contribution in [0.5, 0.6) is 0 Å². The minimum Gasteiger partial charge on any atom is -0.449 e. The summed E-state index contributed by atoms with van der Waals surface area (Å²) in [7, 11) is 0. The smallest absolute Gasteiger partial charge is 0.357 e. The van der Waals surface area contributed by atoms with Crippen LogP contribution >= 0.6 is 0 Å². The molecule has 0 N–H and O–H groups in total. The van der Waals surface area contributed by atoms with Crippen LogP contribution in [0.15, 0.2) is 42.9 Å². The van der Waals surface area contributed by atoms with Crippen LogP contribution in [-0.2, 0) is 9.53 Å². The summed E-state index contributed by atoms with van der Waals surface area (Å²) in [5.41, 5.74) is 1.46. The van der Waals surface area contributed by atoms with Crippen LogP contribution in [0.25, 0.3) is 0 Å². The van der Waals surface area contributed by atoms with Gasteiger partial charge < -0.3 is 9.30 Å². The Bertz CT molecular complexity index is 748. The summed E-state index contributed by atoms with van der Waals surface area (Å²) in [5.74, 6) is -0.420. The SMILES string of the molecule is CC(=O)C(OC(=O)c1cncn1[C@H](C)c1ccccc1)C1CCCCC1. The third-order valence-corrected chi connectivity index (χ3v) is 5.29. The molecular formula is C21H26N2O3. The van der Waals surface area contributed by atoms with Crippen LogP contribution < -0.4 is 0 Å². The molecule has 3 rings (SSSR count). The van der Waals surface area contributed by atoms with E-state index in [0.717, 1.165) is 31.2 Å². The lowest BCUT2D eigenvalue weighted by Crippen LogP contribution is -2.35. The Balaban J connectivity index is 1.77. The van der Waals surface area contributed by atoms with E-state index >= 15 is 0 Å². The van der Waals surface area contributed by atoms with Gasteiger partial charge in [-0.25, -0.2) is 9.78 Å². The number of nitrogens with zero attached hydrogens (tertiary/aromatic N) is 2. The normalized spacial score (nSPS) is 17.5. The van der Waals surface area contributed by atoms with Gasteiger partial charge in [-0.15, -0.1) is 0 Å². The number of hydrogen-bond donors (Lipinski definition) is 0. The minimum atomic E-state index is -0.654. The zero-order valence-corrected chi connectivity index (χ0v) is 15.4. The molecule has 1 fully saturated rings. The molecule has 0 amide bonds. The fraction of sp³-hybridized carbons (Fsp3) is 0.476. The molecule has 0 saturated heterocycles. The zero-order valence-electron chi connectivity index (χ0n) is 15.4. The average Bonchev–Trinajstić information content (AvgIpc) is 3.16. The maximum absolute atomic E-state index is 12.8. The van der Waals surface area contributed by atoms with Gasteiger partial charge in [0.2, 0.25) is 0 Å². The van der Waals surface area contributed by atoms with Crippen LogP contribution in [0, 0.1) is 5.92 Å². The summed E-state index contributed by atoms with van der Waals surface area (Å²) < 4.78 is 7.47. The van der Waals surface area contributed by atoms with Crippen molar-refractivity contribution in [1.29, 1.82) is 0 Å². The van der Waals surface area contributed by atoms with E-state index in [1.807, 2.05) is 37.3 Å². The fourth-order valence-electron chi connectivity index (χ4n) is 3.79. The van der Waals surface area contributed by atoms with E-state index in [1.165, 1.54) is 19.5 Å². The van der Waals surface area contributed by atoms with Gasteiger partial charge in [-0.1, -0.05) is 49.6 Å². The number of Topliss-reactive ketones (excluding diaryl/α,β-unsaturated/α-hetero) is 1. The molecule has 1 unspecified atom stereocenters. The second kappa shape index (κ2) is 8.30. The number of esters is 1. The van der Waals surface area contributed by atoms with E-state index in [4.69, 9.17) is 4.74 Å². The largest absolute Gasteiger partial charge is 0.449 e. The Morgan fingerprint density at radius 2 is 1.85 bits per heavy atom. The van der Waals surface area contributed by atoms with Crippen molar-refractivity contribution in [2.75, 3.05) is 0 Å². The number of imidazole rings is 1. The Labute approximate surface area is 154 Å². The summed E-state index contributed by atoms with van der Waals surface area (Å²) in [5, 5.41) is 0. The molecule has 1 aliphatic rings. The average molecular weight is 354 g/mol. The van der Waals surface area contributed by atoms with Crippen LogP contribution in [0.4, 0.5) is 0 Å². The molecule has 2 aromatic rings. The predicted octanol–water partition coefficient (Wildman–Crippen LogP) is 4.19. The van der Waals surface area contributed by atoms with Crippen molar-refractivity contribution >= 4 is 11.8 Å². The van der Waals surface area contributed by atoms with Gasteiger partial charge in [-0.05, 0) is 32.3 Å². The molecule has 1 heterocycles. The Kier molecular flexibility index (Phi) is 5.86. The molecule has 0 aliphatic heterocycles. The molecule has 0 bridgehead atoms. The van der Waals surface area contributed by atoms with Crippen LogP contribution in [0.2, 0.25) is 0 Å². The van der Waals surface area contributed by atoms with Crippen molar-refractivity contribution in [3.63, 3.8) is 0 Å². The Morgan fingerprint density at radius 1 is 1.15 bits per heavy atom. The van der Waals surface area contributed by atoms with Crippen molar-refractivity contribution in [3.05, 3.63) is 54.1 Å². The topological polar surface area (TPSA) is 61.2 Å². The Hall–Kier alpha value is -2.43. The number of ether oxygens (including phenoxy) is 1. The molecule has 5 heteroatoms. The molecule has 1 aromatic carbocycles. The maximum Gasteiger partial charge on any atom is 0.357 e. The molecular weight excluding hydrogens is 328 g/mol. The molecule has 26 heavy (non-hydrogen) atoms. The van der Waals surface area contributed by atoms with Gasteiger partial charge in [-0.2, -0.15) is 0 Å². The third kappa shape index (κ3) is 4.03. The quantitative estimate of drug-likeness (QED) is 0.730. The number of carbonyl (C=O) groups excluding carboxylic acids is 2. The number of hydrogen-bond acceptors (Lipinski definition) is 4. The van der Waals surface area contributed by atoms with E-state index < -0.39 is 12.1 Å². The molecule has 1 aliphatic carbocycles. The summed E-state index contributed by atoms with van der Waals surface area (Å²) in [6.07, 6.45) is 7.75. The van der Waals surface area contributed by atoms with Crippen molar-refractivity contribution in [3.8, 4) is 0 Å². The first-order valence-electron chi connectivity index (χ1n) is 9.36. The van der Waals surface area contributed by atoms with Crippen molar-refractivity contribution in [2.24, 2.45) is 5.92 Å². The van der Waals surface area contributed by atoms with Gasteiger partial charge in [0.25, 0.3) is 0 Å². The van der Waals surface area contributed by atoms with Crippen LogP contribution in [0.3, 0.4) is 0 Å². The van der Waals surface area contributed by atoms with E-state index in [2.05, 4.69) is 4.98 Å². The number of aromatic nitrogens is 2. The summed E-state index contributed by atoms with van der Waals surface area (Å²) >= 11 is 0. The van der Waals surface area contributed by atoms with Gasteiger partial charge in [0.15, 0.2) is 11.9 Å². The highest BCUT2D eigenvalue weighted by Crippen LogP contribution is 2.29. The Morgan fingerprint density at radius 3 is 2.50 bits per heavy atom. The van der Waals surface area contributed by atoms with Crippen molar-refractivity contribution in [2.45, 2.75) is 58.1 Å². The van der Waals surface area contributed by atoms with Crippen LogP contribution in [0.1, 0.15) is 68.0 Å². The van der Waals surface area contributed by atoms with E-state index in [-0.39, 0.29) is 17.7 Å². The van der Waals surface area contributed by atoms with Gasteiger partial charge in [0.05, 0.1) is 18.6 Å². The zero-order chi connectivity index (χ0) is 18.5. The summed E-state index contributed by atoms with van der Waals surface area (Å²) in [6.45, 7) is 3.52. The number of benzene rings is 1. The molecule has 1 aromatic heterocycles. The first-order chi connectivity index (χ1) is 12.6. The highest BCUT2D eigenvalue weighted by molar-refractivity contribution is 5.91. The highest BCUT2D eigenvalue weighted by atomic mass is 16.5. The maximum atomic E-state index is 12.8. The standard InChI is InChI=1S/C21H26N2O3/c1-15(17-9-5-3-6-10-17)23-14-22-13-19(23)21(25)26-20(16(2)24)18-11-7-4-8-12-18/h3,5-6,9-10,13-15,18,20H,4,7-8,11-12H2,1-2H3/t15-,20?/m1/s1.